The smallest absolute Gasteiger partial charge is 0.128 e. The Bertz CT molecular complexity index is 505. The number of nitrogens with zero attached hydrogens (tertiary/aromatic N) is 1. The average molecular weight is 217 g/mol. The zero-order valence-electron chi connectivity index (χ0n) is 9.40. The molecule has 84 valence electrons. The number of anilines is 1. The fourth-order valence-corrected chi connectivity index (χ4v) is 1.70. The number of aromatic nitrogens is 1. The van der Waals surface area contributed by atoms with Gasteiger partial charge >= 0.3 is 0 Å². The summed E-state index contributed by atoms with van der Waals surface area (Å²) in [5.41, 5.74) is 14.8. The van der Waals surface area contributed by atoms with E-state index in [-0.39, 0.29) is 6.04 Å². The first-order valence-electron chi connectivity index (χ1n) is 5.11. The first-order valence-corrected chi connectivity index (χ1v) is 5.11. The van der Waals surface area contributed by atoms with Crippen molar-refractivity contribution in [2.24, 2.45) is 5.73 Å². The van der Waals surface area contributed by atoms with E-state index in [9.17, 15) is 0 Å². The van der Waals surface area contributed by atoms with Crippen molar-refractivity contribution < 1.29 is 4.42 Å². The van der Waals surface area contributed by atoms with Gasteiger partial charge in [0, 0.05) is 11.8 Å². The molecule has 2 aromatic heterocycles. The summed E-state index contributed by atoms with van der Waals surface area (Å²) in [7, 11) is 0. The second-order valence-corrected chi connectivity index (χ2v) is 3.93. The van der Waals surface area contributed by atoms with Crippen LogP contribution in [-0.2, 0) is 0 Å². The van der Waals surface area contributed by atoms with Gasteiger partial charge < -0.3 is 15.9 Å². The first-order chi connectivity index (χ1) is 7.59. The molecular weight excluding hydrogens is 202 g/mol. The predicted molar refractivity (Wildman–Crippen MR) is 62.9 cm³/mol. The van der Waals surface area contributed by atoms with Crippen molar-refractivity contribution in [1.29, 1.82) is 0 Å². The fourth-order valence-electron chi connectivity index (χ4n) is 1.70. The molecule has 0 fully saturated rings. The molecule has 0 bridgehead atoms. The van der Waals surface area contributed by atoms with Gasteiger partial charge in [-0.2, -0.15) is 0 Å². The number of rotatable bonds is 2. The van der Waals surface area contributed by atoms with E-state index >= 15 is 0 Å². The van der Waals surface area contributed by atoms with Gasteiger partial charge in [-0.05, 0) is 37.1 Å². The maximum Gasteiger partial charge on any atom is 0.128 e. The Morgan fingerprint density at radius 1 is 1.38 bits per heavy atom. The molecule has 4 nitrogen and oxygen atoms in total. The number of nitrogens with two attached hydrogens (primary N) is 2. The molecule has 2 aromatic rings. The van der Waals surface area contributed by atoms with Crippen molar-refractivity contribution in [1.82, 2.24) is 4.98 Å². The van der Waals surface area contributed by atoms with Crippen molar-refractivity contribution in [3.05, 3.63) is 47.0 Å². The highest BCUT2D eigenvalue weighted by atomic mass is 16.3. The van der Waals surface area contributed by atoms with E-state index in [1.807, 2.05) is 26.0 Å². The minimum atomic E-state index is -0.359. The summed E-state index contributed by atoms with van der Waals surface area (Å²) in [5.74, 6) is 1.19. The maximum absolute atomic E-state index is 6.12. The predicted octanol–water partition coefficient (Wildman–Crippen LogP) is 1.92. The number of nitrogen functional groups attached to an aromatic ring is 1. The lowest BCUT2D eigenvalue weighted by Crippen LogP contribution is -2.15. The van der Waals surface area contributed by atoms with Gasteiger partial charge in [-0.15, -0.1) is 0 Å². The van der Waals surface area contributed by atoms with Crippen molar-refractivity contribution >= 4 is 5.82 Å². The molecule has 2 rings (SSSR count). The van der Waals surface area contributed by atoms with Crippen LogP contribution in [0.2, 0.25) is 0 Å². The Labute approximate surface area is 94.3 Å². The van der Waals surface area contributed by atoms with Gasteiger partial charge in [0.2, 0.25) is 0 Å². The summed E-state index contributed by atoms with van der Waals surface area (Å²) in [5, 5.41) is 0. The van der Waals surface area contributed by atoms with Crippen LogP contribution in [0.15, 0.2) is 29.0 Å². The number of furan rings is 1. The molecule has 0 aliphatic carbocycles. The quantitative estimate of drug-likeness (QED) is 0.805. The van der Waals surface area contributed by atoms with Crippen LogP contribution < -0.4 is 11.5 Å². The molecule has 0 aromatic carbocycles. The maximum atomic E-state index is 6.12. The Morgan fingerprint density at radius 2 is 2.12 bits per heavy atom. The van der Waals surface area contributed by atoms with Crippen LogP contribution in [0.4, 0.5) is 5.82 Å². The van der Waals surface area contributed by atoms with E-state index in [0.717, 1.165) is 22.5 Å². The highest BCUT2D eigenvalue weighted by molar-refractivity contribution is 5.46. The van der Waals surface area contributed by atoms with Crippen LogP contribution in [0.25, 0.3) is 0 Å². The van der Waals surface area contributed by atoms with Crippen LogP contribution in [-0.4, -0.2) is 4.98 Å². The van der Waals surface area contributed by atoms with Crippen molar-refractivity contribution in [3.8, 4) is 0 Å². The van der Waals surface area contributed by atoms with E-state index in [2.05, 4.69) is 4.98 Å². The topological polar surface area (TPSA) is 78.1 Å². The van der Waals surface area contributed by atoms with E-state index in [0.29, 0.717) is 5.82 Å². The van der Waals surface area contributed by atoms with Crippen LogP contribution in [0.1, 0.15) is 28.5 Å². The minimum Gasteiger partial charge on any atom is -0.467 e. The van der Waals surface area contributed by atoms with Gasteiger partial charge in [-0.25, -0.2) is 4.98 Å². The van der Waals surface area contributed by atoms with Crippen LogP contribution in [0.3, 0.4) is 0 Å². The molecule has 16 heavy (non-hydrogen) atoms. The highest BCUT2D eigenvalue weighted by Crippen LogP contribution is 2.26. The fraction of sp³-hybridized carbons (Fsp3) is 0.250. The monoisotopic (exact) mass is 217 g/mol. The van der Waals surface area contributed by atoms with E-state index in [1.165, 1.54) is 0 Å². The Kier molecular flexibility index (Phi) is 2.66. The summed E-state index contributed by atoms with van der Waals surface area (Å²) in [4.78, 5) is 4.10. The number of hydrogen-bond donors (Lipinski definition) is 2. The summed E-state index contributed by atoms with van der Waals surface area (Å²) >= 11 is 0. The second kappa shape index (κ2) is 3.98. The Morgan fingerprint density at radius 3 is 2.75 bits per heavy atom. The molecule has 0 aliphatic rings. The molecule has 1 atom stereocenters. The van der Waals surface area contributed by atoms with Crippen LogP contribution in [0, 0.1) is 13.8 Å². The zero-order chi connectivity index (χ0) is 11.7. The van der Waals surface area contributed by atoms with Gasteiger partial charge in [-0.3, -0.25) is 0 Å². The molecule has 0 saturated carbocycles. The zero-order valence-corrected chi connectivity index (χ0v) is 9.40. The van der Waals surface area contributed by atoms with Gasteiger partial charge in [0.1, 0.15) is 11.6 Å². The number of aryl methyl sites for hydroxylation is 2. The second-order valence-electron chi connectivity index (χ2n) is 3.93. The van der Waals surface area contributed by atoms with E-state index < -0.39 is 0 Å². The van der Waals surface area contributed by atoms with Crippen LogP contribution >= 0.6 is 0 Å². The molecule has 0 saturated heterocycles. The highest BCUT2D eigenvalue weighted by Gasteiger charge is 2.17. The van der Waals surface area contributed by atoms with Gasteiger partial charge in [0.05, 0.1) is 12.3 Å². The average Bonchev–Trinajstić information content (AvgIpc) is 2.67. The summed E-state index contributed by atoms with van der Waals surface area (Å²) in [6, 6.07) is 3.46. The summed E-state index contributed by atoms with van der Waals surface area (Å²) in [6.45, 7) is 3.91. The molecular formula is C12H15N3O. The largest absolute Gasteiger partial charge is 0.467 e. The van der Waals surface area contributed by atoms with Gasteiger partial charge in [-0.1, -0.05) is 0 Å². The summed E-state index contributed by atoms with van der Waals surface area (Å²) in [6.07, 6.45) is 3.35. The number of pyridine rings is 1. The third-order valence-corrected chi connectivity index (χ3v) is 2.61. The van der Waals surface area contributed by atoms with Gasteiger partial charge in [0.15, 0.2) is 0 Å². The molecule has 2 heterocycles. The molecule has 4 heteroatoms. The lowest BCUT2D eigenvalue weighted by atomic mass is 10.0. The van der Waals surface area contributed by atoms with Gasteiger partial charge in [0.25, 0.3) is 0 Å². The van der Waals surface area contributed by atoms with Crippen molar-refractivity contribution in [2.75, 3.05) is 5.73 Å². The lowest BCUT2D eigenvalue weighted by Gasteiger charge is -2.13. The SMILES string of the molecule is Cc1cnc(N)c(C(N)c2occc2C)c1. The van der Waals surface area contributed by atoms with Crippen molar-refractivity contribution in [2.45, 2.75) is 19.9 Å². The molecule has 0 spiro atoms. The van der Waals surface area contributed by atoms with E-state index in [4.69, 9.17) is 15.9 Å². The van der Waals surface area contributed by atoms with E-state index in [1.54, 1.807) is 12.5 Å². The molecule has 0 amide bonds. The minimum absolute atomic E-state index is 0.359. The Hall–Kier alpha value is -1.81. The normalized spacial score (nSPS) is 12.7. The molecule has 1 unspecified atom stereocenters. The van der Waals surface area contributed by atoms with Crippen molar-refractivity contribution in [3.63, 3.8) is 0 Å². The van der Waals surface area contributed by atoms with Crippen LogP contribution in [0.5, 0.6) is 0 Å². The Balaban J connectivity index is 2.45. The number of hydrogen-bond acceptors (Lipinski definition) is 4. The lowest BCUT2D eigenvalue weighted by molar-refractivity contribution is 0.487. The first kappa shape index (κ1) is 10.7. The third kappa shape index (κ3) is 1.79. The molecule has 0 aliphatic heterocycles. The molecule has 4 N–H and O–H groups in total. The summed E-state index contributed by atoms with van der Waals surface area (Å²) < 4.78 is 5.37. The standard InChI is InChI=1S/C12H15N3O/c1-7-5-9(12(14)15-6-7)10(13)11-8(2)3-4-16-11/h3-6,10H,13H2,1-2H3,(H2,14,15). The third-order valence-electron chi connectivity index (χ3n) is 2.61. The molecule has 0 radical (unpaired) electrons.